The molecule has 0 radical (unpaired) electrons. The summed E-state index contributed by atoms with van der Waals surface area (Å²) < 4.78 is 0. The number of aliphatic hydroxyl groups is 1. The van der Waals surface area contributed by atoms with E-state index in [1.807, 2.05) is 12.4 Å². The standard InChI is InChI=1S/C12H15N3OS/c1-9-3-6-17-11(9)10-7-14-12(15-8-10)13-4-2-5-16/h3,6-8,16H,2,4-5H2,1H3,(H,13,14,15). The Hall–Kier alpha value is -1.46. The van der Waals surface area contributed by atoms with Gasteiger partial charge in [0, 0.05) is 36.0 Å². The first kappa shape index (κ1) is 12.0. The molecule has 0 aliphatic heterocycles. The fourth-order valence-electron chi connectivity index (χ4n) is 1.48. The zero-order chi connectivity index (χ0) is 12.1. The van der Waals surface area contributed by atoms with E-state index in [1.165, 1.54) is 10.4 Å². The van der Waals surface area contributed by atoms with Crippen molar-refractivity contribution in [1.82, 2.24) is 9.97 Å². The maximum Gasteiger partial charge on any atom is 0.222 e. The van der Waals surface area contributed by atoms with Gasteiger partial charge in [-0.05, 0) is 30.4 Å². The highest BCUT2D eigenvalue weighted by atomic mass is 32.1. The summed E-state index contributed by atoms with van der Waals surface area (Å²) in [6, 6.07) is 2.09. The number of aliphatic hydroxyl groups excluding tert-OH is 1. The Morgan fingerprint density at radius 3 is 2.71 bits per heavy atom. The van der Waals surface area contributed by atoms with Gasteiger partial charge in [-0.3, -0.25) is 0 Å². The third-order valence-corrected chi connectivity index (χ3v) is 3.46. The minimum atomic E-state index is 0.180. The van der Waals surface area contributed by atoms with E-state index < -0.39 is 0 Å². The van der Waals surface area contributed by atoms with Crippen molar-refractivity contribution in [2.75, 3.05) is 18.5 Å². The maximum absolute atomic E-state index is 8.66. The molecule has 0 saturated carbocycles. The van der Waals surface area contributed by atoms with Crippen LogP contribution in [0.25, 0.3) is 10.4 Å². The van der Waals surface area contributed by atoms with Gasteiger partial charge in [0.25, 0.3) is 0 Å². The third kappa shape index (κ3) is 3.01. The van der Waals surface area contributed by atoms with Crippen LogP contribution in [-0.4, -0.2) is 28.2 Å². The minimum Gasteiger partial charge on any atom is -0.396 e. The molecule has 2 aromatic heterocycles. The van der Waals surface area contributed by atoms with Gasteiger partial charge in [0.05, 0.1) is 0 Å². The molecule has 4 nitrogen and oxygen atoms in total. The molecule has 0 bridgehead atoms. The zero-order valence-electron chi connectivity index (χ0n) is 9.68. The second kappa shape index (κ2) is 5.75. The first-order valence-corrected chi connectivity index (χ1v) is 6.40. The summed E-state index contributed by atoms with van der Waals surface area (Å²) in [5.74, 6) is 0.608. The molecule has 90 valence electrons. The van der Waals surface area contributed by atoms with Crippen molar-refractivity contribution < 1.29 is 5.11 Å². The van der Waals surface area contributed by atoms with Gasteiger partial charge in [-0.15, -0.1) is 11.3 Å². The normalized spacial score (nSPS) is 10.5. The van der Waals surface area contributed by atoms with E-state index in [1.54, 1.807) is 11.3 Å². The summed E-state index contributed by atoms with van der Waals surface area (Å²) in [6.45, 7) is 2.95. The van der Waals surface area contributed by atoms with E-state index >= 15 is 0 Å². The summed E-state index contributed by atoms with van der Waals surface area (Å²) in [5.41, 5.74) is 2.30. The molecular weight excluding hydrogens is 234 g/mol. The number of nitrogens with zero attached hydrogens (tertiary/aromatic N) is 2. The lowest BCUT2D eigenvalue weighted by atomic mass is 10.2. The van der Waals surface area contributed by atoms with E-state index in [9.17, 15) is 0 Å². The topological polar surface area (TPSA) is 58.0 Å². The van der Waals surface area contributed by atoms with Crippen LogP contribution in [0, 0.1) is 6.92 Å². The SMILES string of the molecule is Cc1ccsc1-c1cnc(NCCCO)nc1. The molecular formula is C12H15N3OS. The predicted molar refractivity (Wildman–Crippen MR) is 70.3 cm³/mol. The molecule has 0 saturated heterocycles. The summed E-state index contributed by atoms with van der Waals surface area (Å²) >= 11 is 1.70. The van der Waals surface area contributed by atoms with Crippen LogP contribution in [0.3, 0.4) is 0 Å². The summed E-state index contributed by atoms with van der Waals surface area (Å²) in [7, 11) is 0. The summed E-state index contributed by atoms with van der Waals surface area (Å²) in [4.78, 5) is 9.72. The van der Waals surface area contributed by atoms with Crippen molar-refractivity contribution in [3.05, 3.63) is 29.4 Å². The lowest BCUT2D eigenvalue weighted by Gasteiger charge is -2.04. The lowest BCUT2D eigenvalue weighted by molar-refractivity contribution is 0.292. The third-order valence-electron chi connectivity index (χ3n) is 2.39. The number of nitrogens with one attached hydrogen (secondary N) is 1. The average Bonchev–Trinajstić information content (AvgIpc) is 2.77. The van der Waals surface area contributed by atoms with Crippen LogP contribution < -0.4 is 5.32 Å². The van der Waals surface area contributed by atoms with Crippen LogP contribution in [-0.2, 0) is 0 Å². The van der Waals surface area contributed by atoms with Crippen LogP contribution in [0.5, 0.6) is 0 Å². The molecule has 2 heterocycles. The van der Waals surface area contributed by atoms with Gasteiger partial charge in [-0.2, -0.15) is 0 Å². The van der Waals surface area contributed by atoms with Gasteiger partial charge >= 0.3 is 0 Å². The van der Waals surface area contributed by atoms with Crippen LogP contribution >= 0.6 is 11.3 Å². The molecule has 0 aliphatic rings. The molecule has 0 aromatic carbocycles. The Balaban J connectivity index is 2.06. The molecule has 2 aromatic rings. The maximum atomic E-state index is 8.66. The van der Waals surface area contributed by atoms with Crippen LogP contribution in [0.1, 0.15) is 12.0 Å². The summed E-state index contributed by atoms with van der Waals surface area (Å²) in [5, 5.41) is 13.8. The summed E-state index contributed by atoms with van der Waals surface area (Å²) in [6.07, 6.45) is 4.36. The van der Waals surface area contributed by atoms with E-state index in [0.29, 0.717) is 18.9 Å². The molecule has 0 spiro atoms. The number of hydrogen-bond donors (Lipinski definition) is 2. The lowest BCUT2D eigenvalue weighted by Crippen LogP contribution is -2.06. The monoisotopic (exact) mass is 249 g/mol. The van der Waals surface area contributed by atoms with Crippen LogP contribution in [0.4, 0.5) is 5.95 Å². The Bertz CT molecular complexity index is 467. The number of thiophene rings is 1. The Morgan fingerprint density at radius 1 is 1.35 bits per heavy atom. The largest absolute Gasteiger partial charge is 0.396 e. The van der Waals surface area contributed by atoms with E-state index in [0.717, 1.165) is 5.56 Å². The highest BCUT2D eigenvalue weighted by molar-refractivity contribution is 7.13. The van der Waals surface area contributed by atoms with E-state index in [-0.39, 0.29) is 6.61 Å². The van der Waals surface area contributed by atoms with Crippen molar-refractivity contribution in [2.24, 2.45) is 0 Å². The van der Waals surface area contributed by atoms with Crippen molar-refractivity contribution in [3.63, 3.8) is 0 Å². The minimum absolute atomic E-state index is 0.180. The molecule has 0 fully saturated rings. The Morgan fingerprint density at radius 2 is 2.12 bits per heavy atom. The van der Waals surface area contributed by atoms with Crippen molar-refractivity contribution in [1.29, 1.82) is 0 Å². The molecule has 0 aliphatic carbocycles. The molecule has 5 heteroatoms. The number of aromatic nitrogens is 2. The van der Waals surface area contributed by atoms with Gasteiger partial charge in [-0.1, -0.05) is 0 Å². The van der Waals surface area contributed by atoms with Crippen molar-refractivity contribution >= 4 is 17.3 Å². The van der Waals surface area contributed by atoms with Gasteiger partial charge in [0.2, 0.25) is 5.95 Å². The smallest absolute Gasteiger partial charge is 0.222 e. The van der Waals surface area contributed by atoms with Crippen LogP contribution in [0.15, 0.2) is 23.8 Å². The fraction of sp³-hybridized carbons (Fsp3) is 0.333. The second-order valence-corrected chi connectivity index (χ2v) is 4.65. The average molecular weight is 249 g/mol. The highest BCUT2D eigenvalue weighted by Gasteiger charge is 2.04. The first-order valence-electron chi connectivity index (χ1n) is 5.52. The molecule has 0 unspecified atom stereocenters. The van der Waals surface area contributed by atoms with Crippen LogP contribution in [0.2, 0.25) is 0 Å². The molecule has 0 atom stereocenters. The Labute approximate surface area is 104 Å². The van der Waals surface area contributed by atoms with Gasteiger partial charge in [-0.25, -0.2) is 9.97 Å². The Kier molecular flexibility index (Phi) is 4.06. The van der Waals surface area contributed by atoms with Gasteiger partial charge < -0.3 is 10.4 Å². The number of anilines is 1. The second-order valence-electron chi connectivity index (χ2n) is 3.73. The van der Waals surface area contributed by atoms with E-state index in [4.69, 9.17) is 5.11 Å². The highest BCUT2D eigenvalue weighted by Crippen LogP contribution is 2.27. The van der Waals surface area contributed by atoms with Crippen molar-refractivity contribution in [2.45, 2.75) is 13.3 Å². The van der Waals surface area contributed by atoms with Gasteiger partial charge in [0.1, 0.15) is 0 Å². The number of aryl methyl sites for hydroxylation is 1. The molecule has 17 heavy (non-hydrogen) atoms. The predicted octanol–water partition coefficient (Wildman–Crippen LogP) is 2.31. The van der Waals surface area contributed by atoms with Gasteiger partial charge in [0.15, 0.2) is 0 Å². The zero-order valence-corrected chi connectivity index (χ0v) is 10.5. The number of hydrogen-bond acceptors (Lipinski definition) is 5. The van der Waals surface area contributed by atoms with E-state index in [2.05, 4.69) is 33.7 Å². The molecule has 2 rings (SSSR count). The first-order chi connectivity index (χ1) is 8.31. The van der Waals surface area contributed by atoms with Crippen molar-refractivity contribution in [3.8, 4) is 10.4 Å². The molecule has 0 amide bonds. The quantitative estimate of drug-likeness (QED) is 0.798. The number of rotatable bonds is 5. The fourth-order valence-corrected chi connectivity index (χ4v) is 2.39. The molecule has 2 N–H and O–H groups in total.